The zero-order valence-electron chi connectivity index (χ0n) is 16.1. The molecular formula is C16H33N5O3S. The van der Waals surface area contributed by atoms with Gasteiger partial charge in [0.25, 0.3) is 0 Å². The van der Waals surface area contributed by atoms with Crippen LogP contribution in [0, 0.1) is 5.92 Å². The molecule has 0 bridgehead atoms. The van der Waals surface area contributed by atoms with Crippen molar-refractivity contribution < 1.29 is 13.2 Å². The van der Waals surface area contributed by atoms with Crippen LogP contribution in [-0.2, 0) is 14.8 Å². The van der Waals surface area contributed by atoms with Crippen LogP contribution in [0.5, 0.6) is 0 Å². The summed E-state index contributed by atoms with van der Waals surface area (Å²) in [7, 11) is -1.61. The van der Waals surface area contributed by atoms with Crippen LogP contribution in [0.3, 0.4) is 0 Å². The molecule has 0 unspecified atom stereocenters. The van der Waals surface area contributed by atoms with Crippen molar-refractivity contribution in [2.45, 2.75) is 45.6 Å². The van der Waals surface area contributed by atoms with Crippen molar-refractivity contribution in [3.63, 3.8) is 0 Å². The van der Waals surface area contributed by atoms with Crippen LogP contribution in [0.2, 0.25) is 0 Å². The van der Waals surface area contributed by atoms with Gasteiger partial charge < -0.3 is 15.5 Å². The van der Waals surface area contributed by atoms with Crippen molar-refractivity contribution in [2.75, 3.05) is 39.5 Å². The molecule has 0 radical (unpaired) electrons. The summed E-state index contributed by atoms with van der Waals surface area (Å²) in [5.74, 6) is 1.29. The number of hydrogen-bond donors (Lipinski definition) is 3. The van der Waals surface area contributed by atoms with E-state index in [2.05, 4.69) is 25.2 Å². The van der Waals surface area contributed by atoms with Crippen molar-refractivity contribution >= 4 is 21.9 Å². The van der Waals surface area contributed by atoms with Gasteiger partial charge in [0.15, 0.2) is 5.96 Å². The number of carbonyl (C=O) groups excluding carboxylic acids is 1. The summed E-state index contributed by atoms with van der Waals surface area (Å²) in [6.45, 7) is 8.42. The van der Waals surface area contributed by atoms with E-state index in [0.29, 0.717) is 18.9 Å². The first-order valence-electron chi connectivity index (χ1n) is 8.79. The molecule has 1 fully saturated rings. The minimum atomic E-state index is -3.28. The first kappa shape index (κ1) is 21.7. The topological polar surface area (TPSA) is 103 Å². The maximum atomic E-state index is 11.5. The van der Waals surface area contributed by atoms with Crippen LogP contribution in [0.25, 0.3) is 0 Å². The quantitative estimate of drug-likeness (QED) is 0.433. The Morgan fingerprint density at radius 2 is 1.88 bits per heavy atom. The second-order valence-corrected chi connectivity index (χ2v) is 8.98. The van der Waals surface area contributed by atoms with Crippen molar-refractivity contribution in [2.24, 2.45) is 10.9 Å². The summed E-state index contributed by atoms with van der Waals surface area (Å²) in [5, 5.41) is 5.95. The van der Waals surface area contributed by atoms with Crippen LogP contribution in [0.15, 0.2) is 4.99 Å². The highest BCUT2D eigenvalue weighted by molar-refractivity contribution is 7.88. The Hall–Kier alpha value is -1.35. The number of guanidine groups is 1. The summed E-state index contributed by atoms with van der Waals surface area (Å²) in [6, 6.07) is 0. The predicted octanol–water partition coefficient (Wildman–Crippen LogP) is 0.128. The third-order valence-corrected chi connectivity index (χ3v) is 5.01. The Bertz CT molecular complexity index is 566. The number of nitrogens with one attached hydrogen (secondary N) is 3. The maximum absolute atomic E-state index is 11.5. The predicted molar refractivity (Wildman–Crippen MR) is 101 cm³/mol. The van der Waals surface area contributed by atoms with E-state index in [1.165, 1.54) is 0 Å². The molecule has 3 N–H and O–H groups in total. The van der Waals surface area contributed by atoms with Gasteiger partial charge in [-0.1, -0.05) is 0 Å². The molecule has 1 aliphatic heterocycles. The molecule has 1 rings (SSSR count). The van der Waals surface area contributed by atoms with Gasteiger partial charge in [0.1, 0.15) is 0 Å². The van der Waals surface area contributed by atoms with Gasteiger partial charge in [-0.25, -0.2) is 13.1 Å². The molecule has 0 spiro atoms. The molecule has 1 amide bonds. The molecule has 9 heteroatoms. The first-order valence-corrected chi connectivity index (χ1v) is 10.7. The third kappa shape index (κ3) is 8.53. The molecule has 0 saturated carbocycles. The molecule has 0 aromatic carbocycles. The van der Waals surface area contributed by atoms with E-state index >= 15 is 0 Å². The maximum Gasteiger partial charge on any atom is 0.220 e. The van der Waals surface area contributed by atoms with Gasteiger partial charge in [0.05, 0.1) is 12.8 Å². The second kappa shape index (κ2) is 9.38. The largest absolute Gasteiger partial charge is 0.359 e. The fourth-order valence-electron chi connectivity index (χ4n) is 2.95. The van der Waals surface area contributed by atoms with E-state index < -0.39 is 15.6 Å². The number of aliphatic imine (C=N–C) groups is 1. The second-order valence-electron chi connectivity index (χ2n) is 7.24. The van der Waals surface area contributed by atoms with Gasteiger partial charge in [-0.15, -0.1) is 0 Å². The molecule has 1 aliphatic rings. The molecule has 146 valence electrons. The van der Waals surface area contributed by atoms with Gasteiger partial charge in [-0.2, -0.15) is 0 Å². The molecule has 8 nitrogen and oxygen atoms in total. The van der Waals surface area contributed by atoms with Crippen molar-refractivity contribution in [3.05, 3.63) is 0 Å². The SMILES string of the molecule is CCNC(=NCC(C)(C)NS(C)(=O)=O)N1CCC(CC(=O)NC)CC1. The standard InChI is InChI=1S/C16H33N5O3S/c1-6-18-15(19-12-16(2,3)20-25(5,23)24)21-9-7-13(8-10-21)11-14(22)17-4/h13,20H,6-12H2,1-5H3,(H,17,22)(H,18,19). The summed E-state index contributed by atoms with van der Waals surface area (Å²) in [4.78, 5) is 18.3. The summed E-state index contributed by atoms with van der Waals surface area (Å²) < 4.78 is 25.5. The smallest absolute Gasteiger partial charge is 0.220 e. The van der Waals surface area contributed by atoms with Crippen LogP contribution >= 0.6 is 0 Å². The molecule has 25 heavy (non-hydrogen) atoms. The van der Waals surface area contributed by atoms with Crippen LogP contribution in [0.1, 0.15) is 40.0 Å². The number of likely N-dealkylation sites (tertiary alicyclic amines) is 1. The van der Waals surface area contributed by atoms with E-state index in [-0.39, 0.29) is 5.91 Å². The molecule has 0 aromatic heterocycles. The van der Waals surface area contributed by atoms with Gasteiger partial charge in [0.2, 0.25) is 15.9 Å². The molecule has 0 aliphatic carbocycles. The number of nitrogens with zero attached hydrogens (tertiary/aromatic N) is 2. The van der Waals surface area contributed by atoms with E-state index in [1.807, 2.05) is 20.8 Å². The number of piperidine rings is 1. The minimum absolute atomic E-state index is 0.0904. The third-order valence-electron chi connectivity index (χ3n) is 4.09. The van der Waals surface area contributed by atoms with Gasteiger partial charge >= 0.3 is 0 Å². The Morgan fingerprint density at radius 3 is 2.36 bits per heavy atom. The van der Waals surface area contributed by atoms with Gasteiger partial charge in [-0.05, 0) is 39.5 Å². The Kier molecular flexibility index (Phi) is 8.14. The van der Waals surface area contributed by atoms with Crippen molar-refractivity contribution in [3.8, 4) is 0 Å². The lowest BCUT2D eigenvalue weighted by Gasteiger charge is -2.34. The molecule has 0 atom stereocenters. The van der Waals surface area contributed by atoms with E-state index in [0.717, 1.165) is 44.7 Å². The summed E-state index contributed by atoms with van der Waals surface area (Å²) >= 11 is 0. The highest BCUT2D eigenvalue weighted by atomic mass is 32.2. The fourth-order valence-corrected chi connectivity index (χ4v) is 4.01. The minimum Gasteiger partial charge on any atom is -0.359 e. The fraction of sp³-hybridized carbons (Fsp3) is 0.875. The van der Waals surface area contributed by atoms with E-state index in [9.17, 15) is 13.2 Å². The summed E-state index contributed by atoms with van der Waals surface area (Å²) in [5.41, 5.74) is -0.647. The van der Waals surface area contributed by atoms with Crippen LogP contribution < -0.4 is 15.4 Å². The lowest BCUT2D eigenvalue weighted by atomic mass is 9.93. The molecule has 1 saturated heterocycles. The lowest BCUT2D eigenvalue weighted by molar-refractivity contribution is -0.121. The summed E-state index contributed by atoms with van der Waals surface area (Å²) in [6.07, 6.45) is 3.62. The Balaban J connectivity index is 2.66. The number of hydrogen-bond acceptors (Lipinski definition) is 4. The number of sulfonamides is 1. The Labute approximate surface area is 151 Å². The van der Waals surface area contributed by atoms with Gasteiger partial charge in [0, 0.05) is 38.6 Å². The van der Waals surface area contributed by atoms with Gasteiger partial charge in [-0.3, -0.25) is 9.79 Å². The van der Waals surface area contributed by atoms with E-state index in [1.54, 1.807) is 7.05 Å². The lowest BCUT2D eigenvalue weighted by Crippen LogP contribution is -2.49. The average molecular weight is 376 g/mol. The normalized spacial score (nSPS) is 17.5. The highest BCUT2D eigenvalue weighted by Crippen LogP contribution is 2.20. The Morgan fingerprint density at radius 1 is 1.28 bits per heavy atom. The molecule has 1 heterocycles. The average Bonchev–Trinajstić information content (AvgIpc) is 2.50. The number of carbonyl (C=O) groups is 1. The zero-order valence-corrected chi connectivity index (χ0v) is 16.9. The van der Waals surface area contributed by atoms with Crippen molar-refractivity contribution in [1.82, 2.24) is 20.3 Å². The van der Waals surface area contributed by atoms with E-state index in [4.69, 9.17) is 0 Å². The number of amides is 1. The van der Waals surface area contributed by atoms with Crippen molar-refractivity contribution in [1.29, 1.82) is 0 Å². The molecule has 0 aromatic rings. The number of rotatable bonds is 7. The highest BCUT2D eigenvalue weighted by Gasteiger charge is 2.25. The molecular weight excluding hydrogens is 342 g/mol. The zero-order chi connectivity index (χ0) is 19.1. The van der Waals surface area contributed by atoms with Crippen LogP contribution in [-0.4, -0.2) is 70.2 Å². The first-order chi connectivity index (χ1) is 11.6. The van der Waals surface area contributed by atoms with Crippen LogP contribution in [0.4, 0.5) is 0 Å². The monoisotopic (exact) mass is 375 g/mol.